The van der Waals surface area contributed by atoms with Gasteiger partial charge in [-0.25, -0.2) is 4.63 Å². The van der Waals surface area contributed by atoms with Crippen molar-refractivity contribution in [3.63, 3.8) is 0 Å². The van der Waals surface area contributed by atoms with Crippen LogP contribution in [-0.2, 0) is 6.54 Å². The zero-order valence-electron chi connectivity index (χ0n) is 12.9. The van der Waals surface area contributed by atoms with Crippen molar-refractivity contribution >= 4 is 11.8 Å². The van der Waals surface area contributed by atoms with Crippen molar-refractivity contribution in [3.05, 3.63) is 11.4 Å². The molecule has 0 amide bonds. The largest absolute Gasteiger partial charge is 0.543 e. The Bertz CT molecular complexity index is 690. The number of hydrogen-bond acceptors (Lipinski definition) is 8. The number of nitrogens with zero attached hydrogens (tertiary/aromatic N) is 5. The lowest BCUT2D eigenvalue weighted by Crippen LogP contribution is -3.11. The van der Waals surface area contributed by atoms with Gasteiger partial charge in [-0.2, -0.15) is 4.68 Å². The quantitative estimate of drug-likeness (QED) is 0.641. The van der Waals surface area contributed by atoms with Crippen molar-refractivity contribution in [1.29, 1.82) is 0 Å². The number of nitrogens with two attached hydrogens (primary N) is 1. The first kappa shape index (κ1) is 15.4. The molecule has 0 saturated heterocycles. The summed E-state index contributed by atoms with van der Waals surface area (Å²) in [5, 5.41) is 26.0. The highest BCUT2D eigenvalue weighted by atomic mass is 16.6. The molecule has 2 aromatic heterocycles. The molecule has 3 rings (SSSR count). The third-order valence-electron chi connectivity index (χ3n) is 4.40. The fourth-order valence-corrected chi connectivity index (χ4v) is 3.13. The van der Waals surface area contributed by atoms with E-state index in [2.05, 4.69) is 25.3 Å². The Morgan fingerprint density at radius 3 is 2.74 bits per heavy atom. The number of quaternary nitrogens is 1. The molecule has 0 radical (unpaired) electrons. The Hall–Kier alpha value is -2.49. The van der Waals surface area contributed by atoms with E-state index >= 15 is 0 Å². The van der Waals surface area contributed by atoms with Crippen molar-refractivity contribution in [2.24, 2.45) is 0 Å². The number of carboxylic acids is 1. The van der Waals surface area contributed by atoms with Crippen LogP contribution in [0.1, 0.15) is 48.3 Å². The van der Waals surface area contributed by atoms with Gasteiger partial charge in [-0.3, -0.25) is 0 Å². The fourth-order valence-electron chi connectivity index (χ4n) is 3.13. The van der Waals surface area contributed by atoms with Crippen molar-refractivity contribution in [3.8, 4) is 5.82 Å². The number of nitrogens with one attached hydrogen (secondary N) is 1. The minimum atomic E-state index is -1.38. The van der Waals surface area contributed by atoms with E-state index in [0.717, 1.165) is 12.8 Å². The average Bonchev–Trinajstić information content (AvgIpc) is 3.14. The standard InChI is InChI=1S/C13H19N7O3/c1-19(8-5-3-2-4-6-8)7-9-10(13(21)22)15-18-20(9)12-11(14)16-23-17-12/h8H,2-7H2,1H3,(H2,14,16)(H,21,22). The third kappa shape index (κ3) is 3.02. The van der Waals surface area contributed by atoms with Crippen molar-refractivity contribution in [2.45, 2.75) is 44.7 Å². The number of aromatic carboxylic acids is 1. The molecule has 23 heavy (non-hydrogen) atoms. The molecule has 1 atom stereocenters. The summed E-state index contributed by atoms with van der Waals surface area (Å²) in [6, 6.07) is 0.481. The van der Waals surface area contributed by atoms with Gasteiger partial charge in [-0.15, -0.1) is 5.10 Å². The molecule has 3 N–H and O–H groups in total. The number of anilines is 1. The van der Waals surface area contributed by atoms with Crippen LogP contribution in [0.4, 0.5) is 5.82 Å². The van der Waals surface area contributed by atoms with Crippen LogP contribution < -0.4 is 15.7 Å². The van der Waals surface area contributed by atoms with Crippen LogP contribution in [0.15, 0.2) is 4.63 Å². The van der Waals surface area contributed by atoms with E-state index in [-0.39, 0.29) is 17.3 Å². The summed E-state index contributed by atoms with van der Waals surface area (Å²) in [7, 11) is 2.04. The Labute approximate surface area is 132 Å². The SMILES string of the molecule is C[NH+](Cc1c(C(=O)[O-])nnn1-c1nonc1N)C1CCCCC1. The Kier molecular flexibility index (Phi) is 4.24. The van der Waals surface area contributed by atoms with E-state index in [0.29, 0.717) is 18.3 Å². The molecule has 124 valence electrons. The predicted molar refractivity (Wildman–Crippen MR) is 75.4 cm³/mol. The molecule has 0 aromatic carbocycles. The van der Waals surface area contributed by atoms with Gasteiger partial charge >= 0.3 is 0 Å². The van der Waals surface area contributed by atoms with Gasteiger partial charge in [0, 0.05) is 0 Å². The van der Waals surface area contributed by atoms with Crippen LogP contribution in [0.3, 0.4) is 0 Å². The Morgan fingerprint density at radius 2 is 2.13 bits per heavy atom. The Balaban J connectivity index is 1.91. The lowest BCUT2D eigenvalue weighted by Gasteiger charge is -2.28. The second-order valence-electron chi connectivity index (χ2n) is 5.92. The maximum absolute atomic E-state index is 11.3. The van der Waals surface area contributed by atoms with E-state index in [4.69, 9.17) is 5.73 Å². The van der Waals surface area contributed by atoms with Crippen molar-refractivity contribution in [2.75, 3.05) is 12.8 Å². The number of carboxylic acid groups (broad SMARTS) is 1. The molecule has 0 spiro atoms. The third-order valence-corrected chi connectivity index (χ3v) is 4.40. The molecule has 1 aliphatic rings. The van der Waals surface area contributed by atoms with Gasteiger partial charge < -0.3 is 20.5 Å². The van der Waals surface area contributed by atoms with Gasteiger partial charge in [0.25, 0.3) is 0 Å². The van der Waals surface area contributed by atoms with Crippen molar-refractivity contribution in [1.82, 2.24) is 25.3 Å². The number of hydrogen-bond donors (Lipinski definition) is 2. The zero-order valence-corrected chi connectivity index (χ0v) is 12.9. The Morgan fingerprint density at radius 1 is 1.39 bits per heavy atom. The number of nitrogen functional groups attached to an aromatic ring is 1. The van der Waals surface area contributed by atoms with Gasteiger partial charge in [-0.1, -0.05) is 11.6 Å². The summed E-state index contributed by atoms with van der Waals surface area (Å²) in [6.07, 6.45) is 5.91. The molecule has 2 heterocycles. The highest BCUT2D eigenvalue weighted by molar-refractivity contribution is 5.84. The monoisotopic (exact) mass is 321 g/mol. The lowest BCUT2D eigenvalue weighted by molar-refractivity contribution is -0.921. The second-order valence-corrected chi connectivity index (χ2v) is 5.92. The summed E-state index contributed by atoms with van der Waals surface area (Å²) < 4.78 is 5.83. The fraction of sp³-hybridized carbons (Fsp3) is 0.615. The number of carbonyl (C=O) groups is 1. The van der Waals surface area contributed by atoms with Crippen LogP contribution in [0, 0.1) is 0 Å². The highest BCUT2D eigenvalue weighted by Gasteiger charge is 2.27. The molecule has 1 saturated carbocycles. The summed E-state index contributed by atoms with van der Waals surface area (Å²) in [6.45, 7) is 0.424. The van der Waals surface area contributed by atoms with Gasteiger partial charge in [-0.05, 0) is 36.0 Å². The summed E-state index contributed by atoms with van der Waals surface area (Å²) >= 11 is 0. The first-order valence-corrected chi connectivity index (χ1v) is 7.64. The van der Waals surface area contributed by atoms with Crippen LogP contribution >= 0.6 is 0 Å². The van der Waals surface area contributed by atoms with Crippen LogP contribution in [0.2, 0.25) is 0 Å². The summed E-state index contributed by atoms with van der Waals surface area (Å²) in [4.78, 5) is 12.5. The lowest BCUT2D eigenvalue weighted by atomic mass is 9.94. The van der Waals surface area contributed by atoms with Gasteiger partial charge in [0.2, 0.25) is 11.6 Å². The summed E-state index contributed by atoms with van der Waals surface area (Å²) in [5.74, 6) is -1.22. The first-order chi connectivity index (χ1) is 11.1. The number of carbonyl (C=O) groups excluding carboxylic acids is 1. The average molecular weight is 321 g/mol. The maximum atomic E-state index is 11.3. The van der Waals surface area contributed by atoms with E-state index in [9.17, 15) is 9.90 Å². The molecule has 1 unspecified atom stereocenters. The zero-order chi connectivity index (χ0) is 16.4. The van der Waals surface area contributed by atoms with Crippen LogP contribution in [0.25, 0.3) is 5.82 Å². The molecule has 10 heteroatoms. The minimum absolute atomic E-state index is 0.0244. The molecule has 10 nitrogen and oxygen atoms in total. The normalized spacial score (nSPS) is 17.3. The molecular weight excluding hydrogens is 302 g/mol. The molecule has 0 aliphatic heterocycles. The van der Waals surface area contributed by atoms with Crippen LogP contribution in [-0.4, -0.2) is 44.4 Å². The van der Waals surface area contributed by atoms with E-state index in [1.165, 1.54) is 28.8 Å². The highest BCUT2D eigenvalue weighted by Crippen LogP contribution is 2.17. The topological polar surface area (TPSA) is 140 Å². The molecule has 1 fully saturated rings. The van der Waals surface area contributed by atoms with Crippen LogP contribution in [0.5, 0.6) is 0 Å². The molecule has 2 aromatic rings. The smallest absolute Gasteiger partial charge is 0.243 e. The second kappa shape index (κ2) is 6.32. The molecule has 1 aliphatic carbocycles. The van der Waals surface area contributed by atoms with Gasteiger partial charge in [0.1, 0.15) is 17.9 Å². The van der Waals surface area contributed by atoms with E-state index < -0.39 is 5.97 Å². The minimum Gasteiger partial charge on any atom is -0.543 e. The predicted octanol–water partition coefficient (Wildman–Crippen LogP) is -2.06. The summed E-state index contributed by atoms with van der Waals surface area (Å²) in [5.41, 5.74) is 5.85. The van der Waals surface area contributed by atoms with Gasteiger partial charge in [0.15, 0.2) is 0 Å². The maximum Gasteiger partial charge on any atom is 0.243 e. The number of rotatable bonds is 5. The molecular formula is C13H19N7O3. The van der Waals surface area contributed by atoms with Gasteiger partial charge in [0.05, 0.1) is 19.1 Å². The first-order valence-electron chi connectivity index (χ1n) is 7.64. The molecule has 0 bridgehead atoms. The van der Waals surface area contributed by atoms with E-state index in [1.54, 1.807) is 0 Å². The van der Waals surface area contributed by atoms with E-state index in [1.807, 2.05) is 7.05 Å². The van der Waals surface area contributed by atoms with Crippen molar-refractivity contribution < 1.29 is 19.4 Å². The number of aromatic nitrogens is 5.